The molecule has 1 saturated carbocycles. The molecular formula is C9H16N4. The van der Waals surface area contributed by atoms with Gasteiger partial charge in [0.05, 0.1) is 11.9 Å². The van der Waals surface area contributed by atoms with Crippen LogP contribution < -0.4 is 5.73 Å². The zero-order chi connectivity index (χ0) is 9.26. The Bertz CT molecular complexity index is 275. The Morgan fingerprint density at radius 1 is 1.69 bits per heavy atom. The van der Waals surface area contributed by atoms with E-state index in [-0.39, 0.29) is 6.04 Å². The second kappa shape index (κ2) is 3.46. The highest BCUT2D eigenvalue weighted by molar-refractivity contribution is 4.99. The van der Waals surface area contributed by atoms with Crippen LogP contribution in [0.1, 0.15) is 37.9 Å². The fraction of sp³-hybridized carbons (Fsp3) is 0.778. The van der Waals surface area contributed by atoms with Crippen molar-refractivity contribution in [3.8, 4) is 0 Å². The number of hydrogen-bond acceptors (Lipinski definition) is 3. The van der Waals surface area contributed by atoms with Gasteiger partial charge >= 0.3 is 0 Å². The third-order valence-electron chi connectivity index (χ3n) is 2.77. The minimum Gasteiger partial charge on any atom is -0.323 e. The van der Waals surface area contributed by atoms with Crippen LogP contribution in [0, 0.1) is 5.92 Å². The molecule has 0 aromatic carbocycles. The highest BCUT2D eigenvalue weighted by Gasteiger charge is 2.20. The Kier molecular flexibility index (Phi) is 2.31. The van der Waals surface area contributed by atoms with Gasteiger partial charge in [0, 0.05) is 12.6 Å². The molecule has 4 heteroatoms. The Hall–Kier alpha value is -0.900. The zero-order valence-electron chi connectivity index (χ0n) is 7.98. The molecule has 1 unspecified atom stereocenters. The molecular weight excluding hydrogens is 164 g/mol. The summed E-state index contributed by atoms with van der Waals surface area (Å²) < 4.78 is 1.95. The third-order valence-corrected chi connectivity index (χ3v) is 2.77. The van der Waals surface area contributed by atoms with Gasteiger partial charge in [-0.05, 0) is 25.7 Å². The van der Waals surface area contributed by atoms with Crippen LogP contribution in [0.3, 0.4) is 0 Å². The van der Waals surface area contributed by atoms with Crippen molar-refractivity contribution in [1.29, 1.82) is 0 Å². The third kappa shape index (κ3) is 1.72. The van der Waals surface area contributed by atoms with Gasteiger partial charge in [-0.2, -0.15) is 0 Å². The molecule has 1 fully saturated rings. The van der Waals surface area contributed by atoms with Gasteiger partial charge in [0.25, 0.3) is 0 Å². The van der Waals surface area contributed by atoms with E-state index in [2.05, 4.69) is 10.3 Å². The SMILES string of the molecule is CC(N)c1cnnn1CC1CCC1. The van der Waals surface area contributed by atoms with Crippen molar-refractivity contribution < 1.29 is 0 Å². The molecule has 0 bridgehead atoms. The van der Waals surface area contributed by atoms with Gasteiger partial charge in [-0.15, -0.1) is 5.10 Å². The standard InChI is InChI=1S/C9H16N4/c1-7(10)9-5-11-12-13(9)6-8-3-2-4-8/h5,7-8H,2-4,6,10H2,1H3. The van der Waals surface area contributed by atoms with E-state index < -0.39 is 0 Å². The number of rotatable bonds is 3. The first-order chi connectivity index (χ1) is 6.27. The van der Waals surface area contributed by atoms with E-state index >= 15 is 0 Å². The maximum absolute atomic E-state index is 5.79. The molecule has 0 radical (unpaired) electrons. The topological polar surface area (TPSA) is 56.7 Å². The van der Waals surface area contributed by atoms with Crippen molar-refractivity contribution in [2.24, 2.45) is 11.7 Å². The minimum absolute atomic E-state index is 0.0371. The van der Waals surface area contributed by atoms with Crippen LogP contribution in [0.15, 0.2) is 6.20 Å². The van der Waals surface area contributed by atoms with Gasteiger partial charge in [0.15, 0.2) is 0 Å². The van der Waals surface area contributed by atoms with E-state index in [1.165, 1.54) is 19.3 Å². The lowest BCUT2D eigenvalue weighted by Crippen LogP contribution is -2.22. The van der Waals surface area contributed by atoms with E-state index in [0.29, 0.717) is 0 Å². The second-order valence-electron chi connectivity index (χ2n) is 3.93. The summed E-state index contributed by atoms with van der Waals surface area (Å²) in [7, 11) is 0. The molecule has 1 aliphatic carbocycles. The van der Waals surface area contributed by atoms with Gasteiger partial charge in [-0.3, -0.25) is 0 Å². The van der Waals surface area contributed by atoms with Crippen LogP contribution >= 0.6 is 0 Å². The van der Waals surface area contributed by atoms with Crippen LogP contribution in [-0.4, -0.2) is 15.0 Å². The fourth-order valence-corrected chi connectivity index (χ4v) is 1.68. The van der Waals surface area contributed by atoms with E-state index in [1.807, 2.05) is 11.6 Å². The summed E-state index contributed by atoms with van der Waals surface area (Å²) in [6, 6.07) is 0.0371. The largest absolute Gasteiger partial charge is 0.323 e. The average molecular weight is 180 g/mol. The summed E-state index contributed by atoms with van der Waals surface area (Å²) >= 11 is 0. The second-order valence-corrected chi connectivity index (χ2v) is 3.93. The van der Waals surface area contributed by atoms with E-state index in [9.17, 15) is 0 Å². The monoisotopic (exact) mass is 180 g/mol. The predicted molar refractivity (Wildman–Crippen MR) is 50.0 cm³/mol. The summed E-state index contributed by atoms with van der Waals surface area (Å²) in [6.07, 6.45) is 5.80. The normalized spacial score (nSPS) is 19.8. The first kappa shape index (κ1) is 8.69. The molecule has 1 atom stereocenters. The van der Waals surface area contributed by atoms with Crippen LogP contribution in [0.25, 0.3) is 0 Å². The fourth-order valence-electron chi connectivity index (χ4n) is 1.68. The Labute approximate surface area is 78.1 Å². The van der Waals surface area contributed by atoms with Gasteiger partial charge in [-0.1, -0.05) is 11.6 Å². The first-order valence-electron chi connectivity index (χ1n) is 4.91. The maximum atomic E-state index is 5.79. The van der Waals surface area contributed by atoms with Crippen LogP contribution in [-0.2, 0) is 6.54 Å². The number of hydrogen-bond donors (Lipinski definition) is 1. The van der Waals surface area contributed by atoms with E-state index in [1.54, 1.807) is 6.20 Å². The van der Waals surface area contributed by atoms with Crippen LogP contribution in [0.5, 0.6) is 0 Å². The molecule has 1 aliphatic rings. The van der Waals surface area contributed by atoms with Crippen molar-refractivity contribution in [1.82, 2.24) is 15.0 Å². The van der Waals surface area contributed by atoms with Gasteiger partial charge < -0.3 is 5.73 Å². The summed E-state index contributed by atoms with van der Waals surface area (Å²) in [4.78, 5) is 0. The first-order valence-corrected chi connectivity index (χ1v) is 4.91. The van der Waals surface area contributed by atoms with Crippen molar-refractivity contribution in [3.63, 3.8) is 0 Å². The molecule has 2 rings (SSSR count). The van der Waals surface area contributed by atoms with Crippen molar-refractivity contribution in [2.45, 2.75) is 38.8 Å². The number of aromatic nitrogens is 3. The van der Waals surface area contributed by atoms with Crippen LogP contribution in [0.2, 0.25) is 0 Å². The summed E-state index contributed by atoms with van der Waals surface area (Å²) in [5, 5.41) is 7.93. The van der Waals surface area contributed by atoms with Crippen molar-refractivity contribution in [3.05, 3.63) is 11.9 Å². The molecule has 0 spiro atoms. The molecule has 2 N–H and O–H groups in total. The molecule has 1 aromatic heterocycles. The number of nitrogens with zero attached hydrogens (tertiary/aromatic N) is 3. The molecule has 1 heterocycles. The Morgan fingerprint density at radius 3 is 3.00 bits per heavy atom. The lowest BCUT2D eigenvalue weighted by molar-refractivity contribution is 0.260. The molecule has 0 saturated heterocycles. The lowest BCUT2D eigenvalue weighted by atomic mass is 9.85. The minimum atomic E-state index is 0.0371. The lowest BCUT2D eigenvalue weighted by Gasteiger charge is -2.25. The quantitative estimate of drug-likeness (QED) is 0.757. The number of nitrogens with two attached hydrogens (primary N) is 1. The maximum Gasteiger partial charge on any atom is 0.0751 e. The van der Waals surface area contributed by atoms with Gasteiger partial charge in [-0.25, -0.2) is 4.68 Å². The van der Waals surface area contributed by atoms with Gasteiger partial charge in [0.1, 0.15) is 0 Å². The molecule has 13 heavy (non-hydrogen) atoms. The highest BCUT2D eigenvalue weighted by atomic mass is 15.4. The van der Waals surface area contributed by atoms with E-state index in [4.69, 9.17) is 5.73 Å². The highest BCUT2D eigenvalue weighted by Crippen LogP contribution is 2.28. The molecule has 1 aromatic rings. The molecule has 72 valence electrons. The Balaban J connectivity index is 2.05. The molecule has 0 aliphatic heterocycles. The van der Waals surface area contributed by atoms with Crippen LogP contribution in [0.4, 0.5) is 0 Å². The molecule has 4 nitrogen and oxygen atoms in total. The molecule has 0 amide bonds. The summed E-state index contributed by atoms with van der Waals surface area (Å²) in [6.45, 7) is 2.97. The smallest absolute Gasteiger partial charge is 0.0751 e. The predicted octanol–water partition coefficient (Wildman–Crippen LogP) is 1.10. The van der Waals surface area contributed by atoms with Crippen molar-refractivity contribution >= 4 is 0 Å². The average Bonchev–Trinajstić information content (AvgIpc) is 2.44. The van der Waals surface area contributed by atoms with E-state index in [0.717, 1.165) is 18.2 Å². The summed E-state index contributed by atoms with van der Waals surface area (Å²) in [5.41, 5.74) is 6.84. The Morgan fingerprint density at radius 2 is 2.46 bits per heavy atom. The zero-order valence-corrected chi connectivity index (χ0v) is 7.98. The van der Waals surface area contributed by atoms with Gasteiger partial charge in [0.2, 0.25) is 0 Å². The summed E-state index contributed by atoms with van der Waals surface area (Å²) in [5.74, 6) is 0.805. The van der Waals surface area contributed by atoms with Crippen molar-refractivity contribution in [2.75, 3.05) is 0 Å².